The highest BCUT2D eigenvalue weighted by atomic mass is 31.2. The number of carbonyl (C=O) groups excluding carboxylic acids is 3. The molecule has 0 fully saturated rings. The van der Waals surface area contributed by atoms with Gasteiger partial charge in [-0.25, -0.2) is 0 Å². The van der Waals surface area contributed by atoms with Gasteiger partial charge in [0.15, 0.2) is 0 Å². The number of hydrogen-bond donors (Lipinski definition) is 3. The zero-order valence-electron chi connectivity index (χ0n) is 23.1. The van der Waals surface area contributed by atoms with E-state index in [1.54, 1.807) is 87.5 Å². The van der Waals surface area contributed by atoms with Gasteiger partial charge >= 0.3 is 11.8 Å². The summed E-state index contributed by atoms with van der Waals surface area (Å²) in [6, 6.07) is 19.1. The smallest absolute Gasteiger partial charge is 0.313 e. The van der Waals surface area contributed by atoms with Crippen molar-refractivity contribution in [1.29, 1.82) is 0 Å². The van der Waals surface area contributed by atoms with E-state index in [9.17, 15) is 18.9 Å². The highest BCUT2D eigenvalue weighted by molar-refractivity contribution is 7.93. The molecule has 0 saturated carbocycles. The van der Waals surface area contributed by atoms with Crippen molar-refractivity contribution in [2.75, 3.05) is 44.8 Å². The minimum absolute atomic E-state index is 0.135. The van der Waals surface area contributed by atoms with Gasteiger partial charge in [-0.3, -0.25) is 14.4 Å². The highest BCUT2D eigenvalue weighted by Crippen LogP contribution is 2.48. The van der Waals surface area contributed by atoms with Crippen LogP contribution < -0.4 is 27.0 Å². The Balaban J connectivity index is 1.82. The fourth-order valence-electron chi connectivity index (χ4n) is 4.42. The van der Waals surface area contributed by atoms with Crippen molar-refractivity contribution in [3.8, 4) is 0 Å². The molecule has 0 aliphatic carbocycles. The Hall–Kier alpha value is -3.62. The maximum Gasteiger partial charge on any atom is 0.313 e. The van der Waals surface area contributed by atoms with Gasteiger partial charge in [0.05, 0.1) is 26.4 Å². The lowest BCUT2D eigenvalue weighted by Crippen LogP contribution is -2.37. The van der Waals surface area contributed by atoms with E-state index in [-0.39, 0.29) is 18.7 Å². The molecule has 0 unspecified atom stereocenters. The van der Waals surface area contributed by atoms with Crippen LogP contribution in [0.5, 0.6) is 0 Å². The quantitative estimate of drug-likeness (QED) is 0.165. The van der Waals surface area contributed by atoms with E-state index in [4.69, 9.17) is 15.2 Å². The molecule has 0 heterocycles. The van der Waals surface area contributed by atoms with E-state index in [0.717, 1.165) is 0 Å². The summed E-state index contributed by atoms with van der Waals surface area (Å²) in [4.78, 5) is 39.3. The molecule has 0 atom stereocenters. The van der Waals surface area contributed by atoms with Crippen LogP contribution in [0.2, 0.25) is 0 Å². The molecule has 0 radical (unpaired) electrons. The normalized spacial score (nSPS) is 11.2. The minimum Gasteiger partial charge on any atom is -0.378 e. The molecular weight excluding hydrogens is 529 g/mol. The number of benzene rings is 3. The standard InChI is InChI=1S/C30H36N3O6P/c1-21-20-22(2)27(33-29(35)28(34)32-15-17-39-19-18-38-16-14-31)23(3)26(21)30(36)40(37,24-10-6-4-7-11-24)25-12-8-5-9-13-25/h4-13,20H,14-19,31H2,1-3H3,(H,32,34)(H,33,35). The van der Waals surface area contributed by atoms with Gasteiger partial charge in [0.25, 0.3) is 0 Å². The zero-order valence-corrected chi connectivity index (χ0v) is 24.0. The van der Waals surface area contributed by atoms with Gasteiger partial charge in [0.1, 0.15) is 0 Å². The van der Waals surface area contributed by atoms with Crippen LogP contribution in [0.25, 0.3) is 0 Å². The first-order chi connectivity index (χ1) is 19.2. The number of nitrogens with two attached hydrogens (primary N) is 1. The number of nitrogens with one attached hydrogen (secondary N) is 2. The molecule has 212 valence electrons. The van der Waals surface area contributed by atoms with Crippen LogP contribution in [0, 0.1) is 20.8 Å². The van der Waals surface area contributed by atoms with Crippen LogP contribution in [-0.2, 0) is 23.6 Å². The lowest BCUT2D eigenvalue weighted by molar-refractivity contribution is -0.136. The molecule has 3 aromatic rings. The Labute approximate surface area is 234 Å². The average Bonchev–Trinajstić information content (AvgIpc) is 2.96. The number of aryl methyl sites for hydroxylation is 2. The number of carbonyl (C=O) groups is 3. The van der Waals surface area contributed by atoms with Crippen molar-refractivity contribution in [2.24, 2.45) is 5.73 Å². The second kappa shape index (κ2) is 14.7. The zero-order chi connectivity index (χ0) is 29.1. The third kappa shape index (κ3) is 7.31. The van der Waals surface area contributed by atoms with Gasteiger partial charge < -0.3 is 30.4 Å². The predicted molar refractivity (Wildman–Crippen MR) is 157 cm³/mol. The summed E-state index contributed by atoms with van der Waals surface area (Å²) in [5.74, 6) is -1.72. The van der Waals surface area contributed by atoms with Crippen molar-refractivity contribution in [1.82, 2.24) is 5.32 Å². The second-order valence-corrected chi connectivity index (χ2v) is 11.9. The topological polar surface area (TPSA) is 137 Å². The molecule has 0 saturated heterocycles. The molecule has 0 aromatic heterocycles. The summed E-state index contributed by atoms with van der Waals surface area (Å²) in [7, 11) is -3.77. The van der Waals surface area contributed by atoms with Crippen LogP contribution >= 0.6 is 7.14 Å². The van der Waals surface area contributed by atoms with E-state index >= 15 is 0 Å². The van der Waals surface area contributed by atoms with Crippen LogP contribution in [-0.4, -0.2) is 56.9 Å². The number of rotatable bonds is 13. The Morgan fingerprint density at radius 3 is 1.88 bits per heavy atom. The van der Waals surface area contributed by atoms with Crippen molar-refractivity contribution in [3.05, 3.63) is 89.0 Å². The van der Waals surface area contributed by atoms with Crippen LogP contribution in [0.15, 0.2) is 66.7 Å². The van der Waals surface area contributed by atoms with E-state index in [1.165, 1.54) is 0 Å². The molecule has 0 aliphatic rings. The molecule has 10 heteroatoms. The Morgan fingerprint density at radius 2 is 1.32 bits per heavy atom. The van der Waals surface area contributed by atoms with Crippen LogP contribution in [0.3, 0.4) is 0 Å². The molecule has 3 aromatic carbocycles. The average molecular weight is 566 g/mol. The third-order valence-electron chi connectivity index (χ3n) is 6.32. The third-order valence-corrected chi connectivity index (χ3v) is 9.17. The van der Waals surface area contributed by atoms with E-state index in [1.807, 2.05) is 0 Å². The molecule has 0 bridgehead atoms. The predicted octanol–water partition coefficient (Wildman–Crippen LogP) is 2.81. The first-order valence-electron chi connectivity index (χ1n) is 13.0. The van der Waals surface area contributed by atoms with Crippen molar-refractivity contribution in [3.63, 3.8) is 0 Å². The summed E-state index contributed by atoms with van der Waals surface area (Å²) in [5, 5.41) is 5.99. The van der Waals surface area contributed by atoms with E-state index < -0.39 is 24.5 Å². The molecule has 0 aliphatic heterocycles. The number of ether oxygens (including phenoxy) is 2. The maximum atomic E-state index is 14.7. The molecular formula is C30H36N3O6P. The molecule has 40 heavy (non-hydrogen) atoms. The molecule has 4 N–H and O–H groups in total. The Morgan fingerprint density at radius 1 is 0.775 bits per heavy atom. The Kier molecular flexibility index (Phi) is 11.3. The summed E-state index contributed by atoms with van der Waals surface area (Å²) in [5.41, 5.74) is 7.13. The van der Waals surface area contributed by atoms with Gasteiger partial charge in [-0.05, 0) is 37.5 Å². The minimum atomic E-state index is -3.77. The van der Waals surface area contributed by atoms with Crippen molar-refractivity contribution >= 4 is 40.8 Å². The van der Waals surface area contributed by atoms with Crippen LogP contribution in [0.4, 0.5) is 5.69 Å². The Bertz CT molecular complexity index is 1340. The first-order valence-corrected chi connectivity index (χ1v) is 14.7. The van der Waals surface area contributed by atoms with E-state index in [0.29, 0.717) is 59.4 Å². The summed E-state index contributed by atoms with van der Waals surface area (Å²) >= 11 is 0. The molecule has 3 rings (SSSR count). The van der Waals surface area contributed by atoms with Crippen LogP contribution in [0.1, 0.15) is 27.0 Å². The lowest BCUT2D eigenvalue weighted by atomic mass is 9.98. The summed E-state index contributed by atoms with van der Waals surface area (Å²) in [6.45, 7) is 7.18. The van der Waals surface area contributed by atoms with Gasteiger partial charge in [-0.15, -0.1) is 0 Å². The SMILES string of the molecule is Cc1cc(C)c(C(=O)P(=O)(c2ccccc2)c2ccccc2)c(C)c1NC(=O)C(=O)NCCOCCOCCN. The van der Waals surface area contributed by atoms with Crippen molar-refractivity contribution < 1.29 is 28.4 Å². The van der Waals surface area contributed by atoms with Gasteiger partial charge in [0, 0.05) is 34.9 Å². The lowest BCUT2D eigenvalue weighted by Gasteiger charge is -2.22. The van der Waals surface area contributed by atoms with Gasteiger partial charge in [-0.2, -0.15) is 0 Å². The van der Waals surface area contributed by atoms with E-state index in [2.05, 4.69) is 10.6 Å². The fraction of sp³-hybridized carbons (Fsp3) is 0.300. The molecule has 9 nitrogen and oxygen atoms in total. The van der Waals surface area contributed by atoms with Gasteiger partial charge in [-0.1, -0.05) is 66.7 Å². The molecule has 0 spiro atoms. The maximum absolute atomic E-state index is 14.7. The highest BCUT2D eigenvalue weighted by Gasteiger charge is 2.38. The number of amides is 2. The summed E-state index contributed by atoms with van der Waals surface area (Å²) < 4.78 is 25.2. The number of hydrogen-bond acceptors (Lipinski definition) is 7. The molecule has 2 amide bonds. The second-order valence-electron chi connectivity index (χ2n) is 9.19. The van der Waals surface area contributed by atoms with Gasteiger partial charge in [0.2, 0.25) is 12.7 Å². The fourth-order valence-corrected chi connectivity index (χ4v) is 7.03. The first kappa shape index (κ1) is 30.9. The van der Waals surface area contributed by atoms with Crippen molar-refractivity contribution in [2.45, 2.75) is 20.8 Å². The number of anilines is 1. The summed E-state index contributed by atoms with van der Waals surface area (Å²) in [6.07, 6.45) is 0. The monoisotopic (exact) mass is 565 g/mol. The largest absolute Gasteiger partial charge is 0.378 e.